The maximum Gasteiger partial charge on any atom is 0.195 e. The first-order chi connectivity index (χ1) is 10.6. The molecule has 0 aliphatic carbocycles. The molecule has 2 aromatic rings. The number of Topliss-reactive ketones (excluding diaryl/α,β-unsaturated/α-hetero) is 1. The Morgan fingerprint density at radius 3 is 1.95 bits per heavy atom. The molecular weight excluding hydrogens is 284 g/mol. The van der Waals surface area contributed by atoms with Crippen molar-refractivity contribution in [2.24, 2.45) is 0 Å². The number of methoxy groups -OCH3 is 2. The van der Waals surface area contributed by atoms with Gasteiger partial charge in [0.2, 0.25) is 0 Å². The Kier molecular flexibility index (Phi) is 4.91. The Labute approximate surface area is 128 Å². The summed E-state index contributed by atoms with van der Waals surface area (Å²) in [4.78, 5) is 24.3. The predicted molar refractivity (Wildman–Crippen MR) is 80.8 cm³/mol. The van der Waals surface area contributed by atoms with Crippen LogP contribution in [0.25, 0.3) is 0 Å². The highest BCUT2D eigenvalue weighted by Crippen LogP contribution is 2.31. The molecule has 0 aliphatic rings. The van der Waals surface area contributed by atoms with Gasteiger partial charge in [-0.15, -0.1) is 0 Å². The van der Waals surface area contributed by atoms with Gasteiger partial charge >= 0.3 is 0 Å². The van der Waals surface area contributed by atoms with E-state index >= 15 is 0 Å². The quantitative estimate of drug-likeness (QED) is 0.827. The molecule has 22 heavy (non-hydrogen) atoms. The second-order valence-electron chi connectivity index (χ2n) is 4.53. The molecule has 2 rings (SSSR count). The molecule has 0 radical (unpaired) electrons. The van der Waals surface area contributed by atoms with Gasteiger partial charge in [-0.1, -0.05) is 30.3 Å². The van der Waals surface area contributed by atoms with Crippen molar-refractivity contribution < 1.29 is 24.2 Å². The van der Waals surface area contributed by atoms with Crippen LogP contribution in [-0.2, 0) is 0 Å². The zero-order valence-corrected chi connectivity index (χ0v) is 12.3. The molecule has 0 spiro atoms. The first-order valence-corrected chi connectivity index (χ1v) is 6.62. The maximum absolute atomic E-state index is 12.5. The van der Waals surface area contributed by atoms with Crippen LogP contribution in [0.4, 0.5) is 0 Å². The fraction of sp³-hybridized carbons (Fsp3) is 0.176. The molecule has 0 aromatic heterocycles. The molecule has 0 heterocycles. The predicted octanol–water partition coefficient (Wildman–Crippen LogP) is 2.11. The summed E-state index contributed by atoms with van der Waals surface area (Å²) in [7, 11) is 2.78. The highest BCUT2D eigenvalue weighted by Gasteiger charge is 2.21. The largest absolute Gasteiger partial charge is 0.496 e. The summed E-state index contributed by atoms with van der Waals surface area (Å²) >= 11 is 0. The fourth-order valence-electron chi connectivity index (χ4n) is 2.15. The summed E-state index contributed by atoms with van der Waals surface area (Å²) in [6, 6.07) is 11.7. The Morgan fingerprint density at radius 1 is 0.955 bits per heavy atom. The molecule has 2 aromatic carbocycles. The van der Waals surface area contributed by atoms with E-state index in [0.29, 0.717) is 11.1 Å². The van der Waals surface area contributed by atoms with Gasteiger partial charge in [-0.25, -0.2) is 0 Å². The Hall–Kier alpha value is -2.66. The Bertz CT molecular complexity index is 666. The number of aliphatic hydroxyl groups is 1. The van der Waals surface area contributed by atoms with Crippen LogP contribution in [0, 0.1) is 0 Å². The summed E-state index contributed by atoms with van der Waals surface area (Å²) < 4.78 is 10.3. The minimum atomic E-state index is -0.668. The molecule has 0 bridgehead atoms. The van der Waals surface area contributed by atoms with Crippen molar-refractivity contribution in [1.82, 2.24) is 0 Å². The van der Waals surface area contributed by atoms with Gasteiger partial charge in [-0.2, -0.15) is 0 Å². The summed E-state index contributed by atoms with van der Waals surface area (Å²) in [5.74, 6) is -0.358. The van der Waals surface area contributed by atoms with Crippen molar-refractivity contribution in [2.45, 2.75) is 0 Å². The molecule has 0 fully saturated rings. The lowest BCUT2D eigenvalue weighted by Crippen LogP contribution is -2.11. The van der Waals surface area contributed by atoms with Gasteiger partial charge in [0.05, 0.1) is 14.2 Å². The normalized spacial score (nSPS) is 10.1. The van der Waals surface area contributed by atoms with E-state index in [-0.39, 0.29) is 22.8 Å². The van der Waals surface area contributed by atoms with Crippen LogP contribution >= 0.6 is 0 Å². The van der Waals surface area contributed by atoms with Crippen LogP contribution in [0.3, 0.4) is 0 Å². The highest BCUT2D eigenvalue weighted by atomic mass is 16.5. The minimum absolute atomic E-state index is 0.122. The number of aliphatic hydroxyl groups excluding tert-OH is 1. The third-order valence-corrected chi connectivity index (χ3v) is 3.23. The van der Waals surface area contributed by atoms with Crippen molar-refractivity contribution >= 4 is 11.6 Å². The molecule has 5 heteroatoms. The number of hydrogen-bond donors (Lipinski definition) is 1. The number of ketones is 2. The number of carbonyl (C=O) groups excluding carboxylic acids is 2. The van der Waals surface area contributed by atoms with Crippen molar-refractivity contribution in [1.29, 1.82) is 0 Å². The van der Waals surface area contributed by atoms with Gasteiger partial charge in [0.25, 0.3) is 0 Å². The summed E-state index contributed by atoms with van der Waals surface area (Å²) in [6.45, 7) is -0.668. The van der Waals surface area contributed by atoms with Crippen LogP contribution in [0.15, 0.2) is 42.5 Å². The molecule has 5 nitrogen and oxygen atoms in total. The average Bonchev–Trinajstić information content (AvgIpc) is 2.59. The van der Waals surface area contributed by atoms with Gasteiger partial charge in [0.1, 0.15) is 23.7 Å². The molecule has 0 aliphatic heterocycles. The van der Waals surface area contributed by atoms with E-state index in [4.69, 9.17) is 14.6 Å². The van der Waals surface area contributed by atoms with E-state index in [0.717, 1.165) is 0 Å². The van der Waals surface area contributed by atoms with E-state index in [1.807, 2.05) is 6.07 Å². The molecule has 0 saturated carbocycles. The third kappa shape index (κ3) is 2.99. The van der Waals surface area contributed by atoms with Crippen LogP contribution in [-0.4, -0.2) is 37.5 Å². The van der Waals surface area contributed by atoms with Crippen molar-refractivity contribution in [2.75, 3.05) is 20.8 Å². The standard InChI is InChI=1S/C17H16O5/c1-21-14-8-12(17(20)11-6-4-3-5-7-11)9-15(22-2)16(14)13(19)10-18/h3-9,18H,10H2,1-2H3. The first kappa shape index (κ1) is 15.7. The maximum atomic E-state index is 12.5. The monoisotopic (exact) mass is 300 g/mol. The topological polar surface area (TPSA) is 72.8 Å². The second kappa shape index (κ2) is 6.87. The van der Waals surface area contributed by atoms with Crippen molar-refractivity contribution in [3.8, 4) is 11.5 Å². The summed E-state index contributed by atoms with van der Waals surface area (Å²) in [5, 5.41) is 9.06. The van der Waals surface area contributed by atoms with E-state index in [9.17, 15) is 9.59 Å². The lowest BCUT2D eigenvalue weighted by Gasteiger charge is -2.13. The SMILES string of the molecule is COc1cc(C(=O)c2ccccc2)cc(OC)c1C(=O)CO. The van der Waals surface area contributed by atoms with Crippen LogP contribution < -0.4 is 9.47 Å². The lowest BCUT2D eigenvalue weighted by atomic mass is 9.99. The smallest absolute Gasteiger partial charge is 0.195 e. The van der Waals surface area contributed by atoms with Crippen LogP contribution in [0.5, 0.6) is 11.5 Å². The second-order valence-corrected chi connectivity index (χ2v) is 4.53. The number of carbonyl (C=O) groups is 2. The van der Waals surface area contributed by atoms with Gasteiger partial charge in [0.15, 0.2) is 11.6 Å². The van der Waals surface area contributed by atoms with E-state index < -0.39 is 12.4 Å². The molecule has 0 atom stereocenters. The van der Waals surface area contributed by atoms with Crippen LogP contribution in [0.2, 0.25) is 0 Å². The molecule has 0 amide bonds. The number of hydrogen-bond acceptors (Lipinski definition) is 5. The molecular formula is C17H16O5. The Morgan fingerprint density at radius 2 is 1.50 bits per heavy atom. The van der Waals surface area contributed by atoms with E-state index in [1.165, 1.54) is 26.4 Å². The van der Waals surface area contributed by atoms with Gasteiger partial charge in [-0.05, 0) is 12.1 Å². The third-order valence-electron chi connectivity index (χ3n) is 3.23. The first-order valence-electron chi connectivity index (χ1n) is 6.62. The molecule has 114 valence electrons. The lowest BCUT2D eigenvalue weighted by molar-refractivity contribution is 0.0896. The van der Waals surface area contributed by atoms with Crippen molar-refractivity contribution in [3.05, 3.63) is 59.2 Å². The number of rotatable bonds is 6. The fourth-order valence-corrected chi connectivity index (χ4v) is 2.15. The zero-order valence-electron chi connectivity index (χ0n) is 12.3. The summed E-state index contributed by atoms with van der Waals surface area (Å²) in [6.07, 6.45) is 0. The van der Waals surface area contributed by atoms with Gasteiger partial charge in [-0.3, -0.25) is 9.59 Å². The molecule has 1 N–H and O–H groups in total. The number of benzene rings is 2. The van der Waals surface area contributed by atoms with E-state index in [2.05, 4.69) is 0 Å². The Balaban J connectivity index is 2.55. The average molecular weight is 300 g/mol. The minimum Gasteiger partial charge on any atom is -0.496 e. The zero-order chi connectivity index (χ0) is 16.1. The van der Waals surface area contributed by atoms with Crippen LogP contribution in [0.1, 0.15) is 26.3 Å². The van der Waals surface area contributed by atoms with Gasteiger partial charge < -0.3 is 14.6 Å². The molecule has 0 unspecified atom stereocenters. The number of ether oxygens (including phenoxy) is 2. The van der Waals surface area contributed by atoms with Crippen molar-refractivity contribution in [3.63, 3.8) is 0 Å². The van der Waals surface area contributed by atoms with E-state index in [1.54, 1.807) is 24.3 Å². The molecule has 0 saturated heterocycles. The summed E-state index contributed by atoms with van der Waals surface area (Å²) in [5.41, 5.74) is 0.986. The van der Waals surface area contributed by atoms with Gasteiger partial charge in [0, 0.05) is 11.1 Å². The highest BCUT2D eigenvalue weighted by molar-refractivity contribution is 6.11.